The molecule has 0 aliphatic rings. The Morgan fingerprint density at radius 3 is 2.89 bits per heavy atom. The van der Waals surface area contributed by atoms with Crippen LogP contribution in [0.25, 0.3) is 0 Å². The summed E-state index contributed by atoms with van der Waals surface area (Å²) in [5, 5.41) is 2.57. The Morgan fingerprint density at radius 1 is 1.78 bits per heavy atom. The van der Waals surface area contributed by atoms with Gasteiger partial charge in [-0.2, -0.15) is 0 Å². The number of halogens is 1. The summed E-state index contributed by atoms with van der Waals surface area (Å²) in [7, 11) is 1.36. The van der Waals surface area contributed by atoms with Gasteiger partial charge in [0.2, 0.25) is 0 Å². The Kier molecular flexibility index (Phi) is 6.12. The first kappa shape index (κ1) is 9.00. The summed E-state index contributed by atoms with van der Waals surface area (Å²) in [5.41, 5.74) is 0. The molecule has 1 amide bonds. The van der Waals surface area contributed by atoms with E-state index >= 15 is 0 Å². The van der Waals surface area contributed by atoms with E-state index in [-0.39, 0.29) is 6.09 Å². The summed E-state index contributed by atoms with van der Waals surface area (Å²) in [6, 6.07) is 0. The summed E-state index contributed by atoms with van der Waals surface area (Å²) in [6.07, 6.45) is 0.648. The average molecular weight is 243 g/mol. The Bertz CT molecular complexity index is 87.0. The Hall–Kier alpha value is 0. The van der Waals surface area contributed by atoms with Crippen molar-refractivity contribution in [2.24, 2.45) is 0 Å². The first-order valence-corrected chi connectivity index (χ1v) is 4.21. The zero-order valence-corrected chi connectivity index (χ0v) is 7.47. The van der Waals surface area contributed by atoms with Crippen LogP contribution in [0, 0.1) is 0 Å². The van der Waals surface area contributed by atoms with Gasteiger partial charge < -0.3 is 10.1 Å². The number of carbonyl (C=O) groups excluding carboxylic acids is 1. The third kappa shape index (κ3) is 5.88. The van der Waals surface area contributed by atoms with Crippen molar-refractivity contribution in [3.05, 3.63) is 0 Å². The molecular weight excluding hydrogens is 233 g/mol. The molecule has 0 heterocycles. The zero-order valence-electron chi connectivity index (χ0n) is 5.32. The number of carbonyl (C=O) groups is 1. The second kappa shape index (κ2) is 6.12. The van der Waals surface area contributed by atoms with E-state index < -0.39 is 0 Å². The first-order chi connectivity index (χ1) is 4.31. The molecule has 1 N–H and O–H groups in total. The Balaban J connectivity index is 2.97. The van der Waals surface area contributed by atoms with Crippen LogP contribution in [0.2, 0.25) is 0 Å². The molecule has 0 aromatic heterocycles. The predicted octanol–water partition coefficient (Wildman–Crippen LogP) is 1.17. The van der Waals surface area contributed by atoms with Gasteiger partial charge in [-0.1, -0.05) is 22.6 Å². The van der Waals surface area contributed by atoms with Crippen molar-refractivity contribution in [1.82, 2.24) is 5.32 Å². The maximum Gasteiger partial charge on any atom is 0.406 e. The smallest absolute Gasteiger partial charge is 0.406 e. The molecule has 0 rings (SSSR count). The van der Waals surface area contributed by atoms with E-state index in [2.05, 4.69) is 32.6 Å². The number of amides is 1. The van der Waals surface area contributed by atoms with E-state index in [9.17, 15) is 4.79 Å². The van der Waals surface area contributed by atoms with Crippen LogP contribution in [0.1, 0.15) is 6.42 Å². The van der Waals surface area contributed by atoms with Crippen molar-refractivity contribution >= 4 is 28.7 Å². The summed E-state index contributed by atoms with van der Waals surface area (Å²) in [6.45, 7) is 0.704. The van der Waals surface area contributed by atoms with Gasteiger partial charge in [-0.15, -0.1) is 0 Å². The number of methoxy groups -OCH3 is 1. The van der Waals surface area contributed by atoms with Gasteiger partial charge in [0.15, 0.2) is 0 Å². The van der Waals surface area contributed by atoms with Gasteiger partial charge in [-0.3, -0.25) is 0 Å². The van der Waals surface area contributed by atoms with E-state index in [1.165, 1.54) is 7.11 Å². The summed E-state index contributed by atoms with van der Waals surface area (Å²) in [4.78, 5) is 10.4. The maximum absolute atomic E-state index is 10.4. The molecule has 0 radical (unpaired) electrons. The van der Waals surface area contributed by atoms with Crippen LogP contribution in [0.4, 0.5) is 4.79 Å². The van der Waals surface area contributed by atoms with Gasteiger partial charge in [0.1, 0.15) is 0 Å². The molecule has 4 heteroatoms. The van der Waals surface area contributed by atoms with Crippen LogP contribution < -0.4 is 5.32 Å². The highest BCUT2D eigenvalue weighted by Gasteiger charge is 1.93. The third-order valence-electron chi connectivity index (χ3n) is 0.765. The van der Waals surface area contributed by atoms with Gasteiger partial charge in [-0.25, -0.2) is 4.79 Å². The molecule has 0 aromatic rings. The highest BCUT2D eigenvalue weighted by Crippen LogP contribution is 1.85. The molecule has 0 bridgehead atoms. The fraction of sp³-hybridized carbons (Fsp3) is 0.800. The molecule has 0 atom stereocenters. The number of alkyl halides is 1. The van der Waals surface area contributed by atoms with E-state index in [4.69, 9.17) is 0 Å². The summed E-state index contributed by atoms with van der Waals surface area (Å²) < 4.78 is 5.40. The molecule has 0 spiro atoms. The average Bonchev–Trinajstić information content (AvgIpc) is 1.89. The molecule has 0 unspecified atom stereocenters. The van der Waals surface area contributed by atoms with E-state index in [0.717, 1.165) is 10.8 Å². The zero-order chi connectivity index (χ0) is 7.11. The lowest BCUT2D eigenvalue weighted by Crippen LogP contribution is -2.24. The molecule has 9 heavy (non-hydrogen) atoms. The first-order valence-electron chi connectivity index (χ1n) is 2.69. The van der Waals surface area contributed by atoms with Crippen molar-refractivity contribution in [2.75, 3.05) is 18.1 Å². The quantitative estimate of drug-likeness (QED) is 0.459. The van der Waals surface area contributed by atoms with E-state index in [1.807, 2.05) is 0 Å². The second-order valence-electron chi connectivity index (χ2n) is 1.46. The predicted molar refractivity (Wildman–Crippen MR) is 43.9 cm³/mol. The minimum absolute atomic E-state index is 0.347. The van der Waals surface area contributed by atoms with Gasteiger partial charge in [0.05, 0.1) is 7.11 Å². The summed E-state index contributed by atoms with van der Waals surface area (Å²) in [5.74, 6) is 0. The van der Waals surface area contributed by atoms with Crippen LogP contribution in [0.5, 0.6) is 0 Å². The largest absolute Gasteiger partial charge is 0.453 e. The number of nitrogens with one attached hydrogen (secondary N) is 1. The fourth-order valence-electron chi connectivity index (χ4n) is 0.329. The van der Waals surface area contributed by atoms with Crippen LogP contribution in [0.3, 0.4) is 0 Å². The second-order valence-corrected chi connectivity index (χ2v) is 2.54. The lowest BCUT2D eigenvalue weighted by molar-refractivity contribution is 0.171. The van der Waals surface area contributed by atoms with Gasteiger partial charge >= 0.3 is 6.09 Å². The Morgan fingerprint density at radius 2 is 2.44 bits per heavy atom. The molecule has 54 valence electrons. The molecule has 0 aliphatic carbocycles. The lowest BCUT2D eigenvalue weighted by atomic mass is 10.5. The van der Waals surface area contributed by atoms with Crippen molar-refractivity contribution in [2.45, 2.75) is 6.42 Å². The van der Waals surface area contributed by atoms with Gasteiger partial charge in [0, 0.05) is 11.0 Å². The summed E-state index contributed by atoms with van der Waals surface area (Å²) >= 11 is 2.25. The van der Waals surface area contributed by atoms with Gasteiger partial charge in [-0.05, 0) is 6.42 Å². The third-order valence-corrected chi connectivity index (χ3v) is 1.53. The minimum Gasteiger partial charge on any atom is -0.453 e. The highest BCUT2D eigenvalue weighted by molar-refractivity contribution is 14.1. The number of hydrogen-bond acceptors (Lipinski definition) is 2. The van der Waals surface area contributed by atoms with Crippen LogP contribution in [-0.2, 0) is 4.74 Å². The number of ether oxygens (including phenoxy) is 1. The van der Waals surface area contributed by atoms with E-state index in [1.54, 1.807) is 0 Å². The van der Waals surface area contributed by atoms with E-state index in [0.29, 0.717) is 6.54 Å². The molecule has 0 aromatic carbocycles. The highest BCUT2D eigenvalue weighted by atomic mass is 127. The number of rotatable bonds is 3. The monoisotopic (exact) mass is 243 g/mol. The number of hydrogen-bond donors (Lipinski definition) is 1. The molecule has 0 saturated carbocycles. The number of alkyl carbamates (subject to hydrolysis) is 1. The van der Waals surface area contributed by atoms with Gasteiger partial charge in [0.25, 0.3) is 0 Å². The van der Waals surface area contributed by atoms with Crippen LogP contribution >= 0.6 is 22.6 Å². The normalized spacial score (nSPS) is 8.67. The molecular formula is C5H10INO2. The van der Waals surface area contributed by atoms with Crippen LogP contribution in [0.15, 0.2) is 0 Å². The fourth-order valence-corrected chi connectivity index (χ4v) is 0.711. The topological polar surface area (TPSA) is 38.3 Å². The van der Waals surface area contributed by atoms with Crippen molar-refractivity contribution in [3.63, 3.8) is 0 Å². The van der Waals surface area contributed by atoms with Crippen molar-refractivity contribution < 1.29 is 9.53 Å². The molecule has 3 nitrogen and oxygen atoms in total. The lowest BCUT2D eigenvalue weighted by Gasteiger charge is -1.99. The standard InChI is InChI=1S/C5H10INO2/c1-9-5(8)7-4-2-3-6/h2-4H2,1H3,(H,7,8). The van der Waals surface area contributed by atoms with Crippen molar-refractivity contribution in [1.29, 1.82) is 0 Å². The maximum atomic E-state index is 10.4. The molecule has 0 fully saturated rings. The SMILES string of the molecule is COC(=O)NCCCI. The van der Waals surface area contributed by atoms with Crippen molar-refractivity contribution in [3.8, 4) is 0 Å². The molecule has 0 saturated heterocycles. The Labute approximate surface area is 68.3 Å². The van der Waals surface area contributed by atoms with Crippen LogP contribution in [-0.4, -0.2) is 24.2 Å². The molecule has 0 aliphatic heterocycles. The minimum atomic E-state index is -0.347.